The van der Waals surface area contributed by atoms with Gasteiger partial charge in [0, 0.05) is 0 Å². The number of hydrogen-bond acceptors (Lipinski definition) is 3. The fourth-order valence-corrected chi connectivity index (χ4v) is 1.71. The van der Waals surface area contributed by atoms with E-state index in [2.05, 4.69) is 0 Å². The number of alkyl halides is 3. The minimum Gasteiger partial charge on any atom is -0.456 e. The lowest BCUT2D eigenvalue weighted by Crippen LogP contribution is -2.04. The van der Waals surface area contributed by atoms with Crippen LogP contribution in [-0.4, -0.2) is 5.11 Å². The van der Waals surface area contributed by atoms with Crippen LogP contribution in [0.4, 0.5) is 13.2 Å². The van der Waals surface area contributed by atoms with Gasteiger partial charge in [-0.1, -0.05) is 12.1 Å². The van der Waals surface area contributed by atoms with Crippen molar-refractivity contribution in [3.63, 3.8) is 0 Å². The molecule has 0 saturated heterocycles. The van der Waals surface area contributed by atoms with Crippen LogP contribution in [0, 0.1) is 11.3 Å². The monoisotopic (exact) mass is 293 g/mol. The van der Waals surface area contributed by atoms with Crippen LogP contribution in [0.25, 0.3) is 0 Å². The fourth-order valence-electron chi connectivity index (χ4n) is 1.71. The van der Waals surface area contributed by atoms with Crippen LogP contribution in [0.15, 0.2) is 42.5 Å². The summed E-state index contributed by atoms with van der Waals surface area (Å²) in [5, 5.41) is 18.0. The third kappa shape index (κ3) is 3.52. The van der Waals surface area contributed by atoms with Gasteiger partial charge in [0.15, 0.2) is 0 Å². The molecule has 3 nitrogen and oxygen atoms in total. The molecule has 0 radical (unpaired) electrons. The molecule has 0 fully saturated rings. The Balaban J connectivity index is 2.33. The van der Waals surface area contributed by atoms with Gasteiger partial charge in [-0.3, -0.25) is 0 Å². The summed E-state index contributed by atoms with van der Waals surface area (Å²) in [7, 11) is 0. The van der Waals surface area contributed by atoms with Gasteiger partial charge >= 0.3 is 6.18 Å². The van der Waals surface area contributed by atoms with Crippen molar-refractivity contribution < 1.29 is 23.0 Å². The first-order valence-corrected chi connectivity index (χ1v) is 5.93. The van der Waals surface area contributed by atoms with Gasteiger partial charge in [0.2, 0.25) is 0 Å². The maximum atomic E-state index is 12.6. The number of ether oxygens (including phenoxy) is 1. The molecule has 0 spiro atoms. The van der Waals surface area contributed by atoms with E-state index < -0.39 is 11.7 Å². The van der Waals surface area contributed by atoms with Gasteiger partial charge in [-0.05, 0) is 35.9 Å². The number of benzene rings is 2. The van der Waals surface area contributed by atoms with Crippen LogP contribution in [0.3, 0.4) is 0 Å². The Morgan fingerprint density at radius 2 is 1.90 bits per heavy atom. The maximum absolute atomic E-state index is 12.6. The Morgan fingerprint density at radius 3 is 2.52 bits per heavy atom. The second-order valence-corrected chi connectivity index (χ2v) is 4.23. The molecule has 0 amide bonds. The summed E-state index contributed by atoms with van der Waals surface area (Å²) < 4.78 is 43.2. The number of nitriles is 1. The van der Waals surface area contributed by atoms with E-state index in [1.54, 1.807) is 0 Å². The third-order valence-corrected chi connectivity index (χ3v) is 2.74. The molecule has 0 aliphatic heterocycles. The molecule has 0 saturated carbocycles. The second kappa shape index (κ2) is 5.85. The number of halogens is 3. The van der Waals surface area contributed by atoms with Crippen molar-refractivity contribution in [1.29, 1.82) is 5.26 Å². The summed E-state index contributed by atoms with van der Waals surface area (Å²) in [6.45, 7) is -0.238. The summed E-state index contributed by atoms with van der Waals surface area (Å²) in [6.07, 6.45) is -4.46. The molecule has 2 aromatic carbocycles. The van der Waals surface area contributed by atoms with Crippen molar-refractivity contribution in [3.8, 4) is 17.6 Å². The summed E-state index contributed by atoms with van der Waals surface area (Å²) in [4.78, 5) is 0. The molecule has 0 aromatic heterocycles. The summed E-state index contributed by atoms with van der Waals surface area (Å²) in [5.74, 6) is 0.118. The van der Waals surface area contributed by atoms with Gasteiger partial charge in [-0.25, -0.2) is 0 Å². The molecule has 0 aliphatic rings. The number of aliphatic hydroxyl groups is 1. The summed E-state index contributed by atoms with van der Waals surface area (Å²) in [5.41, 5.74) is -0.174. The molecule has 0 aliphatic carbocycles. The fraction of sp³-hybridized carbons (Fsp3) is 0.133. The van der Waals surface area contributed by atoms with E-state index in [9.17, 15) is 13.2 Å². The average Bonchev–Trinajstić information content (AvgIpc) is 2.47. The van der Waals surface area contributed by atoms with Crippen LogP contribution in [0.1, 0.15) is 16.7 Å². The highest BCUT2D eigenvalue weighted by atomic mass is 19.4. The van der Waals surface area contributed by atoms with E-state index in [-0.39, 0.29) is 23.7 Å². The summed E-state index contributed by atoms with van der Waals surface area (Å²) >= 11 is 0. The van der Waals surface area contributed by atoms with Gasteiger partial charge in [-0.2, -0.15) is 18.4 Å². The molecule has 108 valence electrons. The van der Waals surface area contributed by atoms with E-state index in [4.69, 9.17) is 15.1 Å². The van der Waals surface area contributed by atoms with Crippen molar-refractivity contribution in [1.82, 2.24) is 0 Å². The van der Waals surface area contributed by atoms with Crippen LogP contribution in [0.2, 0.25) is 0 Å². The Kier molecular flexibility index (Phi) is 4.15. The van der Waals surface area contributed by atoms with Gasteiger partial charge < -0.3 is 9.84 Å². The number of rotatable bonds is 3. The Bertz CT molecular complexity index is 690. The highest BCUT2D eigenvalue weighted by Gasteiger charge is 2.30. The Morgan fingerprint density at radius 1 is 1.14 bits per heavy atom. The van der Waals surface area contributed by atoms with Crippen LogP contribution < -0.4 is 4.74 Å². The van der Waals surface area contributed by atoms with Crippen LogP contribution >= 0.6 is 0 Å². The van der Waals surface area contributed by atoms with Gasteiger partial charge in [0.25, 0.3) is 0 Å². The molecule has 0 heterocycles. The van der Waals surface area contributed by atoms with Crippen LogP contribution in [-0.2, 0) is 12.8 Å². The molecule has 0 unspecified atom stereocenters. The number of aliphatic hydroxyl groups excluding tert-OH is 1. The van der Waals surface area contributed by atoms with E-state index >= 15 is 0 Å². The van der Waals surface area contributed by atoms with E-state index in [0.29, 0.717) is 5.56 Å². The largest absolute Gasteiger partial charge is 0.456 e. The first-order chi connectivity index (χ1) is 9.94. The van der Waals surface area contributed by atoms with E-state index in [1.165, 1.54) is 30.3 Å². The van der Waals surface area contributed by atoms with Crippen molar-refractivity contribution in [2.45, 2.75) is 12.8 Å². The van der Waals surface area contributed by atoms with Crippen molar-refractivity contribution in [2.24, 2.45) is 0 Å². The molecule has 1 N–H and O–H groups in total. The maximum Gasteiger partial charge on any atom is 0.416 e. The van der Waals surface area contributed by atoms with Crippen molar-refractivity contribution in [2.75, 3.05) is 0 Å². The van der Waals surface area contributed by atoms with Gasteiger partial charge in [-0.15, -0.1) is 0 Å². The highest BCUT2D eigenvalue weighted by Crippen LogP contribution is 2.33. The van der Waals surface area contributed by atoms with Crippen molar-refractivity contribution in [3.05, 3.63) is 59.2 Å². The zero-order chi connectivity index (χ0) is 15.5. The van der Waals surface area contributed by atoms with E-state index in [0.717, 1.165) is 12.1 Å². The molecule has 2 aromatic rings. The molecule has 2 rings (SSSR count). The van der Waals surface area contributed by atoms with Crippen molar-refractivity contribution >= 4 is 0 Å². The molecule has 0 atom stereocenters. The SMILES string of the molecule is N#Cc1cc(CO)ccc1Oc1cccc(C(F)(F)F)c1. The van der Waals surface area contributed by atoms with Gasteiger partial charge in [0.1, 0.15) is 17.6 Å². The number of nitrogens with zero attached hydrogens (tertiary/aromatic N) is 1. The van der Waals surface area contributed by atoms with E-state index in [1.807, 2.05) is 6.07 Å². The molecule has 21 heavy (non-hydrogen) atoms. The lowest BCUT2D eigenvalue weighted by atomic mass is 10.1. The lowest BCUT2D eigenvalue weighted by molar-refractivity contribution is -0.137. The zero-order valence-electron chi connectivity index (χ0n) is 10.7. The third-order valence-electron chi connectivity index (χ3n) is 2.74. The number of hydrogen-bond donors (Lipinski definition) is 1. The minimum atomic E-state index is -4.46. The predicted octanol–water partition coefficient (Wildman–Crippen LogP) is 3.86. The van der Waals surface area contributed by atoms with Crippen LogP contribution in [0.5, 0.6) is 11.5 Å². The first kappa shape index (κ1) is 14.9. The molecular weight excluding hydrogens is 283 g/mol. The normalized spacial score (nSPS) is 11.0. The molecule has 6 heteroatoms. The second-order valence-electron chi connectivity index (χ2n) is 4.23. The first-order valence-electron chi connectivity index (χ1n) is 5.93. The Hall–Kier alpha value is -2.52. The lowest BCUT2D eigenvalue weighted by Gasteiger charge is -2.11. The highest BCUT2D eigenvalue weighted by molar-refractivity contribution is 5.47. The molecular formula is C15H10F3NO2. The zero-order valence-corrected chi connectivity index (χ0v) is 10.7. The Labute approximate surface area is 118 Å². The van der Waals surface area contributed by atoms with Gasteiger partial charge in [0.05, 0.1) is 17.7 Å². The average molecular weight is 293 g/mol. The quantitative estimate of drug-likeness (QED) is 0.934. The smallest absolute Gasteiger partial charge is 0.416 e. The minimum absolute atomic E-state index is 0.0157. The molecule has 0 bridgehead atoms. The predicted molar refractivity (Wildman–Crippen MR) is 68.6 cm³/mol. The standard InChI is InChI=1S/C15H10F3NO2/c16-15(17,18)12-2-1-3-13(7-12)21-14-5-4-10(9-20)6-11(14)8-19/h1-7,20H,9H2. The topological polar surface area (TPSA) is 53.2 Å². The summed E-state index contributed by atoms with van der Waals surface area (Å²) in [6, 6.07) is 10.7.